The molecule has 1 aromatic rings. The number of hydrogen-bond donors (Lipinski definition) is 1. The summed E-state index contributed by atoms with van der Waals surface area (Å²) in [6.45, 7) is 6.89. The van der Waals surface area contributed by atoms with Gasteiger partial charge in [0.05, 0.1) is 6.61 Å². The molecule has 2 heteroatoms. The largest absolute Gasteiger partial charge is 0.297 e. The van der Waals surface area contributed by atoms with Gasteiger partial charge in [-0.3, -0.25) is 4.84 Å². The van der Waals surface area contributed by atoms with E-state index in [1.165, 1.54) is 11.1 Å². The van der Waals surface area contributed by atoms with Gasteiger partial charge in [0.25, 0.3) is 0 Å². The molecule has 70 valence electrons. The molecular weight excluding hydrogens is 162 g/mol. The molecule has 0 atom stereocenters. The van der Waals surface area contributed by atoms with Gasteiger partial charge in [-0.25, -0.2) is 0 Å². The smallest absolute Gasteiger partial charge is 0.0861 e. The Hall–Kier alpha value is -1.12. The van der Waals surface area contributed by atoms with Gasteiger partial charge in [0.2, 0.25) is 0 Å². The molecule has 0 aliphatic heterocycles. The summed E-state index contributed by atoms with van der Waals surface area (Å²) in [6.07, 6.45) is 1.71. The summed E-state index contributed by atoms with van der Waals surface area (Å²) in [4.78, 5) is 5.05. The first kappa shape index (κ1) is 9.96. The SMILES string of the molecule is C=CCONCc1ccc(C)cc1. The van der Waals surface area contributed by atoms with Crippen LogP contribution in [0.15, 0.2) is 36.9 Å². The number of nitrogens with one attached hydrogen (secondary N) is 1. The molecule has 0 heterocycles. The molecule has 0 unspecified atom stereocenters. The molecule has 2 nitrogen and oxygen atoms in total. The van der Waals surface area contributed by atoms with Crippen molar-refractivity contribution in [1.82, 2.24) is 5.48 Å². The predicted octanol–water partition coefficient (Wildman–Crippen LogP) is 2.20. The van der Waals surface area contributed by atoms with Crippen LogP contribution in [0.5, 0.6) is 0 Å². The third-order valence-electron chi connectivity index (χ3n) is 1.70. The zero-order valence-corrected chi connectivity index (χ0v) is 7.92. The van der Waals surface area contributed by atoms with Gasteiger partial charge in [0, 0.05) is 6.54 Å². The Morgan fingerprint density at radius 3 is 2.69 bits per heavy atom. The highest BCUT2D eigenvalue weighted by atomic mass is 16.6. The highest BCUT2D eigenvalue weighted by Crippen LogP contribution is 2.02. The summed E-state index contributed by atoms with van der Waals surface area (Å²) in [7, 11) is 0. The van der Waals surface area contributed by atoms with E-state index in [1.807, 2.05) is 0 Å². The van der Waals surface area contributed by atoms with Crippen LogP contribution in [-0.2, 0) is 11.4 Å². The number of aryl methyl sites for hydroxylation is 1. The summed E-state index contributed by atoms with van der Waals surface area (Å²) in [5.74, 6) is 0. The van der Waals surface area contributed by atoms with Gasteiger partial charge >= 0.3 is 0 Å². The lowest BCUT2D eigenvalue weighted by atomic mass is 10.2. The Balaban J connectivity index is 2.28. The van der Waals surface area contributed by atoms with Crippen molar-refractivity contribution < 1.29 is 4.84 Å². The van der Waals surface area contributed by atoms with E-state index in [9.17, 15) is 0 Å². The fourth-order valence-electron chi connectivity index (χ4n) is 0.958. The molecule has 0 aliphatic carbocycles. The minimum absolute atomic E-state index is 0.534. The van der Waals surface area contributed by atoms with Crippen molar-refractivity contribution in [3.8, 4) is 0 Å². The summed E-state index contributed by atoms with van der Waals surface area (Å²) in [5.41, 5.74) is 5.34. The lowest BCUT2D eigenvalue weighted by Crippen LogP contribution is -2.13. The first-order valence-corrected chi connectivity index (χ1v) is 4.34. The average Bonchev–Trinajstić information content (AvgIpc) is 2.15. The van der Waals surface area contributed by atoms with Crippen LogP contribution in [0.1, 0.15) is 11.1 Å². The second-order valence-corrected chi connectivity index (χ2v) is 2.91. The summed E-state index contributed by atoms with van der Waals surface area (Å²) in [6, 6.07) is 8.34. The van der Waals surface area contributed by atoms with Crippen LogP contribution in [0.2, 0.25) is 0 Å². The number of benzene rings is 1. The zero-order chi connectivity index (χ0) is 9.52. The van der Waals surface area contributed by atoms with Gasteiger partial charge in [-0.2, -0.15) is 5.48 Å². The fraction of sp³-hybridized carbons (Fsp3) is 0.273. The van der Waals surface area contributed by atoms with Gasteiger partial charge < -0.3 is 0 Å². The fourth-order valence-corrected chi connectivity index (χ4v) is 0.958. The Bertz CT molecular complexity index is 253. The van der Waals surface area contributed by atoms with E-state index < -0.39 is 0 Å². The van der Waals surface area contributed by atoms with Gasteiger partial charge in [0.15, 0.2) is 0 Å². The maximum Gasteiger partial charge on any atom is 0.0861 e. The zero-order valence-electron chi connectivity index (χ0n) is 7.92. The first-order valence-electron chi connectivity index (χ1n) is 4.34. The van der Waals surface area contributed by atoms with Gasteiger partial charge in [-0.15, -0.1) is 6.58 Å². The van der Waals surface area contributed by atoms with Crippen LogP contribution in [0, 0.1) is 6.92 Å². The molecular formula is C11H15NO. The third-order valence-corrected chi connectivity index (χ3v) is 1.70. The molecule has 0 saturated carbocycles. The van der Waals surface area contributed by atoms with Crippen molar-refractivity contribution in [2.45, 2.75) is 13.5 Å². The third kappa shape index (κ3) is 3.87. The molecule has 0 spiro atoms. The maximum absolute atomic E-state index is 5.05. The molecule has 0 radical (unpaired) electrons. The van der Waals surface area contributed by atoms with Crippen molar-refractivity contribution in [3.63, 3.8) is 0 Å². The highest BCUT2D eigenvalue weighted by Gasteiger charge is 1.90. The summed E-state index contributed by atoms with van der Waals surface area (Å²) in [5, 5.41) is 0. The van der Waals surface area contributed by atoms with Crippen LogP contribution in [0.25, 0.3) is 0 Å². The molecule has 1 N–H and O–H groups in total. The van der Waals surface area contributed by atoms with E-state index in [0.29, 0.717) is 6.61 Å². The van der Waals surface area contributed by atoms with E-state index in [2.05, 4.69) is 43.2 Å². The average molecular weight is 177 g/mol. The lowest BCUT2D eigenvalue weighted by Gasteiger charge is -2.03. The van der Waals surface area contributed by atoms with Gasteiger partial charge in [0.1, 0.15) is 0 Å². The predicted molar refractivity (Wildman–Crippen MR) is 54.2 cm³/mol. The first-order chi connectivity index (χ1) is 6.33. The van der Waals surface area contributed by atoms with Crippen LogP contribution in [-0.4, -0.2) is 6.61 Å². The second kappa shape index (κ2) is 5.51. The maximum atomic E-state index is 5.05. The van der Waals surface area contributed by atoms with E-state index in [1.54, 1.807) is 6.08 Å². The van der Waals surface area contributed by atoms with E-state index in [4.69, 9.17) is 4.84 Å². The van der Waals surface area contributed by atoms with Crippen LogP contribution in [0.4, 0.5) is 0 Å². The van der Waals surface area contributed by atoms with Gasteiger partial charge in [-0.05, 0) is 12.5 Å². The Morgan fingerprint density at radius 2 is 2.08 bits per heavy atom. The molecule has 0 amide bonds. The summed E-state index contributed by atoms with van der Waals surface area (Å²) >= 11 is 0. The van der Waals surface area contributed by atoms with Crippen molar-refractivity contribution in [1.29, 1.82) is 0 Å². The molecule has 0 fully saturated rings. The van der Waals surface area contributed by atoms with Crippen LogP contribution < -0.4 is 5.48 Å². The monoisotopic (exact) mass is 177 g/mol. The second-order valence-electron chi connectivity index (χ2n) is 2.91. The quantitative estimate of drug-likeness (QED) is 0.423. The minimum atomic E-state index is 0.534. The summed E-state index contributed by atoms with van der Waals surface area (Å²) < 4.78 is 0. The highest BCUT2D eigenvalue weighted by molar-refractivity contribution is 5.20. The number of hydroxylamine groups is 1. The van der Waals surface area contributed by atoms with E-state index >= 15 is 0 Å². The molecule has 0 aliphatic rings. The Morgan fingerprint density at radius 1 is 1.38 bits per heavy atom. The molecule has 1 aromatic carbocycles. The number of hydrogen-bond acceptors (Lipinski definition) is 2. The molecule has 0 aromatic heterocycles. The normalized spacial score (nSPS) is 9.92. The van der Waals surface area contributed by atoms with Crippen LogP contribution >= 0.6 is 0 Å². The van der Waals surface area contributed by atoms with E-state index in [-0.39, 0.29) is 0 Å². The minimum Gasteiger partial charge on any atom is -0.297 e. The molecule has 1 rings (SSSR count). The van der Waals surface area contributed by atoms with Crippen LogP contribution in [0.3, 0.4) is 0 Å². The molecule has 0 saturated heterocycles. The van der Waals surface area contributed by atoms with Crippen molar-refractivity contribution in [2.24, 2.45) is 0 Å². The Labute approximate surface area is 79.2 Å². The van der Waals surface area contributed by atoms with Crippen molar-refractivity contribution >= 4 is 0 Å². The van der Waals surface area contributed by atoms with Gasteiger partial charge in [-0.1, -0.05) is 35.9 Å². The van der Waals surface area contributed by atoms with Crippen molar-refractivity contribution in [3.05, 3.63) is 48.0 Å². The Kier molecular flexibility index (Phi) is 4.23. The lowest BCUT2D eigenvalue weighted by molar-refractivity contribution is 0.0579. The van der Waals surface area contributed by atoms with E-state index in [0.717, 1.165) is 6.54 Å². The standard InChI is InChI=1S/C11H15NO/c1-3-8-13-12-9-11-6-4-10(2)5-7-11/h3-7,12H,1,8-9H2,2H3. The molecule has 13 heavy (non-hydrogen) atoms. The topological polar surface area (TPSA) is 21.3 Å². The van der Waals surface area contributed by atoms with Crippen molar-refractivity contribution in [2.75, 3.05) is 6.61 Å². The number of rotatable bonds is 5. The molecule has 0 bridgehead atoms.